The number of benzene rings is 2. The minimum absolute atomic E-state index is 0.208. The van der Waals surface area contributed by atoms with Crippen molar-refractivity contribution in [2.24, 2.45) is 0 Å². The summed E-state index contributed by atoms with van der Waals surface area (Å²) in [5.41, 5.74) is 1.86. The molecule has 0 radical (unpaired) electrons. The van der Waals surface area contributed by atoms with Gasteiger partial charge in [-0.2, -0.15) is 0 Å². The SMILES string of the molecule is CCCC1=C(C(=O)OCC)C(c2ccc(OC(=O)c3ccccc3)c(OC)c2)NC(=O)N1. The van der Waals surface area contributed by atoms with Crippen LogP contribution in [0.15, 0.2) is 59.8 Å². The molecule has 0 fully saturated rings. The molecule has 1 heterocycles. The summed E-state index contributed by atoms with van der Waals surface area (Å²) in [6.07, 6.45) is 1.25. The van der Waals surface area contributed by atoms with E-state index in [2.05, 4.69) is 10.6 Å². The summed E-state index contributed by atoms with van der Waals surface area (Å²) in [5, 5.41) is 5.49. The van der Waals surface area contributed by atoms with Crippen LogP contribution in [0.2, 0.25) is 0 Å². The molecule has 8 nitrogen and oxygen atoms in total. The van der Waals surface area contributed by atoms with Gasteiger partial charge in [0.25, 0.3) is 0 Å². The van der Waals surface area contributed by atoms with Crippen molar-refractivity contribution in [2.45, 2.75) is 32.7 Å². The van der Waals surface area contributed by atoms with E-state index >= 15 is 0 Å². The monoisotopic (exact) mass is 438 g/mol. The summed E-state index contributed by atoms with van der Waals surface area (Å²) in [6, 6.07) is 12.3. The molecule has 0 bridgehead atoms. The summed E-state index contributed by atoms with van der Waals surface area (Å²) in [7, 11) is 1.45. The summed E-state index contributed by atoms with van der Waals surface area (Å²) < 4.78 is 16.1. The Morgan fingerprint density at radius 3 is 2.41 bits per heavy atom. The van der Waals surface area contributed by atoms with Gasteiger partial charge in [0.05, 0.1) is 30.9 Å². The van der Waals surface area contributed by atoms with E-state index in [0.717, 1.165) is 6.42 Å². The van der Waals surface area contributed by atoms with E-state index in [9.17, 15) is 14.4 Å². The first-order chi connectivity index (χ1) is 15.5. The van der Waals surface area contributed by atoms with Crippen molar-refractivity contribution in [1.82, 2.24) is 10.6 Å². The highest BCUT2D eigenvalue weighted by Crippen LogP contribution is 2.35. The number of rotatable bonds is 8. The van der Waals surface area contributed by atoms with E-state index in [1.54, 1.807) is 55.5 Å². The highest BCUT2D eigenvalue weighted by molar-refractivity contribution is 5.95. The number of urea groups is 1. The first-order valence-corrected chi connectivity index (χ1v) is 10.4. The van der Waals surface area contributed by atoms with Gasteiger partial charge in [0.15, 0.2) is 11.5 Å². The lowest BCUT2D eigenvalue weighted by Gasteiger charge is -2.29. The second-order valence-corrected chi connectivity index (χ2v) is 7.06. The van der Waals surface area contributed by atoms with Crippen LogP contribution in [0.4, 0.5) is 4.79 Å². The minimum Gasteiger partial charge on any atom is -0.493 e. The molecule has 3 rings (SSSR count). The van der Waals surface area contributed by atoms with Gasteiger partial charge in [-0.25, -0.2) is 14.4 Å². The predicted molar refractivity (Wildman–Crippen MR) is 117 cm³/mol. The molecule has 0 spiro atoms. The first kappa shape index (κ1) is 22.9. The molecular formula is C24H26N2O6. The molecule has 0 saturated carbocycles. The van der Waals surface area contributed by atoms with E-state index in [4.69, 9.17) is 14.2 Å². The lowest BCUT2D eigenvalue weighted by atomic mass is 9.93. The Hall–Kier alpha value is -3.81. The maximum absolute atomic E-state index is 12.7. The first-order valence-electron chi connectivity index (χ1n) is 10.4. The topological polar surface area (TPSA) is 103 Å². The molecule has 1 aliphatic heterocycles. The molecule has 32 heavy (non-hydrogen) atoms. The van der Waals surface area contributed by atoms with Crippen LogP contribution >= 0.6 is 0 Å². The number of carbonyl (C=O) groups excluding carboxylic acids is 3. The predicted octanol–water partition coefficient (Wildman–Crippen LogP) is 3.89. The van der Waals surface area contributed by atoms with Crippen LogP contribution in [0.1, 0.15) is 48.7 Å². The summed E-state index contributed by atoms with van der Waals surface area (Å²) in [4.78, 5) is 37.4. The number of amides is 2. The van der Waals surface area contributed by atoms with Gasteiger partial charge >= 0.3 is 18.0 Å². The van der Waals surface area contributed by atoms with Crippen molar-refractivity contribution in [1.29, 1.82) is 0 Å². The van der Waals surface area contributed by atoms with E-state index in [-0.39, 0.29) is 12.4 Å². The number of esters is 2. The van der Waals surface area contributed by atoms with Gasteiger partial charge in [0.1, 0.15) is 0 Å². The molecule has 0 saturated heterocycles. The Kier molecular flexibility index (Phi) is 7.49. The third-order valence-electron chi connectivity index (χ3n) is 4.88. The smallest absolute Gasteiger partial charge is 0.343 e. The van der Waals surface area contributed by atoms with Gasteiger partial charge in [0, 0.05) is 5.70 Å². The molecule has 8 heteroatoms. The average molecular weight is 438 g/mol. The Balaban J connectivity index is 1.96. The van der Waals surface area contributed by atoms with Crippen molar-refractivity contribution >= 4 is 18.0 Å². The number of ether oxygens (including phenoxy) is 3. The normalized spacial score (nSPS) is 15.5. The molecular weight excluding hydrogens is 412 g/mol. The quantitative estimate of drug-likeness (QED) is 0.479. The second kappa shape index (κ2) is 10.5. The van der Waals surface area contributed by atoms with Crippen molar-refractivity contribution in [3.05, 3.63) is 70.9 Å². The van der Waals surface area contributed by atoms with E-state index in [1.165, 1.54) is 7.11 Å². The zero-order chi connectivity index (χ0) is 23.1. The number of methoxy groups -OCH3 is 1. The molecule has 2 N–H and O–H groups in total. The van der Waals surface area contributed by atoms with E-state index in [0.29, 0.717) is 34.6 Å². The molecule has 2 aromatic carbocycles. The third kappa shape index (κ3) is 5.08. The number of hydrogen-bond acceptors (Lipinski definition) is 6. The third-order valence-corrected chi connectivity index (χ3v) is 4.88. The Morgan fingerprint density at radius 1 is 1.00 bits per heavy atom. The van der Waals surface area contributed by atoms with E-state index < -0.39 is 24.0 Å². The fraction of sp³-hybridized carbons (Fsp3) is 0.292. The lowest BCUT2D eigenvalue weighted by Crippen LogP contribution is -2.46. The van der Waals surface area contributed by atoms with Gasteiger partial charge in [-0.15, -0.1) is 0 Å². The zero-order valence-corrected chi connectivity index (χ0v) is 18.3. The van der Waals surface area contributed by atoms with Gasteiger partial charge in [-0.1, -0.05) is 37.6 Å². The highest BCUT2D eigenvalue weighted by atomic mass is 16.6. The van der Waals surface area contributed by atoms with Crippen molar-refractivity contribution in [3.8, 4) is 11.5 Å². The van der Waals surface area contributed by atoms with Crippen LogP contribution in [0.3, 0.4) is 0 Å². The van der Waals surface area contributed by atoms with Crippen molar-refractivity contribution < 1.29 is 28.6 Å². The largest absolute Gasteiger partial charge is 0.493 e. The Bertz CT molecular complexity index is 1030. The van der Waals surface area contributed by atoms with Crippen LogP contribution < -0.4 is 20.1 Å². The molecule has 0 aromatic heterocycles. The van der Waals surface area contributed by atoms with Crippen LogP contribution in [0.5, 0.6) is 11.5 Å². The fourth-order valence-electron chi connectivity index (χ4n) is 3.45. The van der Waals surface area contributed by atoms with Crippen LogP contribution in [0.25, 0.3) is 0 Å². The van der Waals surface area contributed by atoms with Crippen LogP contribution in [-0.4, -0.2) is 31.7 Å². The number of carbonyl (C=O) groups is 3. The summed E-state index contributed by atoms with van der Waals surface area (Å²) >= 11 is 0. The van der Waals surface area contributed by atoms with Gasteiger partial charge in [-0.3, -0.25) is 0 Å². The highest BCUT2D eigenvalue weighted by Gasteiger charge is 2.34. The van der Waals surface area contributed by atoms with E-state index in [1.807, 2.05) is 6.92 Å². The standard InChI is InChI=1S/C24H26N2O6/c1-4-9-17-20(23(28)31-5-2)21(26-24(29)25-17)16-12-13-18(19(14-16)30-3)32-22(27)15-10-7-6-8-11-15/h6-8,10-14,21H,4-5,9H2,1-3H3,(H2,25,26,29). The van der Waals surface area contributed by atoms with Crippen LogP contribution in [0, 0.1) is 0 Å². The Morgan fingerprint density at radius 2 is 1.75 bits per heavy atom. The van der Waals surface area contributed by atoms with Crippen molar-refractivity contribution in [3.63, 3.8) is 0 Å². The zero-order valence-electron chi connectivity index (χ0n) is 18.3. The molecule has 2 aromatic rings. The molecule has 1 unspecified atom stereocenters. The van der Waals surface area contributed by atoms with Gasteiger partial charge < -0.3 is 24.8 Å². The van der Waals surface area contributed by atoms with Gasteiger partial charge in [0.2, 0.25) is 0 Å². The average Bonchev–Trinajstić information content (AvgIpc) is 2.79. The number of hydrogen-bond donors (Lipinski definition) is 2. The maximum Gasteiger partial charge on any atom is 0.343 e. The molecule has 1 aliphatic rings. The Labute approximate surface area is 186 Å². The maximum atomic E-state index is 12.7. The van der Waals surface area contributed by atoms with Crippen LogP contribution in [-0.2, 0) is 9.53 Å². The molecule has 2 amide bonds. The fourth-order valence-corrected chi connectivity index (χ4v) is 3.45. The lowest BCUT2D eigenvalue weighted by molar-refractivity contribution is -0.139. The molecule has 0 aliphatic carbocycles. The summed E-state index contributed by atoms with van der Waals surface area (Å²) in [5.74, 6) is -0.517. The van der Waals surface area contributed by atoms with Gasteiger partial charge in [-0.05, 0) is 43.2 Å². The minimum atomic E-state index is -0.739. The summed E-state index contributed by atoms with van der Waals surface area (Å²) in [6.45, 7) is 3.89. The second-order valence-electron chi connectivity index (χ2n) is 7.06. The van der Waals surface area contributed by atoms with Crippen molar-refractivity contribution in [2.75, 3.05) is 13.7 Å². The number of allylic oxidation sites excluding steroid dienone is 1. The molecule has 168 valence electrons. The molecule has 1 atom stereocenters. The number of nitrogens with one attached hydrogen (secondary N) is 2.